The third-order valence-electron chi connectivity index (χ3n) is 4.56. The largest absolute Gasteiger partial charge is 0.383 e. The van der Waals surface area contributed by atoms with Gasteiger partial charge in [0, 0.05) is 37.5 Å². The molecule has 1 aliphatic rings. The number of benzene rings is 1. The van der Waals surface area contributed by atoms with E-state index in [1.165, 1.54) is 11.3 Å². The first kappa shape index (κ1) is 16.8. The van der Waals surface area contributed by atoms with Crippen molar-refractivity contribution in [3.8, 4) is 0 Å². The molecule has 1 aliphatic heterocycles. The van der Waals surface area contributed by atoms with Crippen molar-refractivity contribution in [2.45, 2.75) is 52.5 Å². The molecule has 0 radical (unpaired) electrons. The summed E-state index contributed by atoms with van der Waals surface area (Å²) in [5.41, 5.74) is 4.68. The fourth-order valence-corrected chi connectivity index (χ4v) is 3.57. The molecule has 4 heteroatoms. The molecule has 122 valence electrons. The molecule has 0 aromatic heterocycles. The summed E-state index contributed by atoms with van der Waals surface area (Å²) in [5.74, 6) is 0.475. The van der Waals surface area contributed by atoms with Gasteiger partial charge < -0.3 is 15.0 Å². The van der Waals surface area contributed by atoms with Crippen LogP contribution in [0.1, 0.15) is 51.2 Å². The van der Waals surface area contributed by atoms with Crippen LogP contribution < -0.4 is 10.2 Å². The first-order valence-electron chi connectivity index (χ1n) is 7.95. The van der Waals surface area contributed by atoms with E-state index in [1.54, 1.807) is 14.0 Å². The van der Waals surface area contributed by atoms with Crippen LogP contribution in [0.3, 0.4) is 0 Å². The minimum atomic E-state index is -0.0328. The quantitative estimate of drug-likeness (QED) is 0.922. The number of hydrogen-bond acceptors (Lipinski definition) is 3. The van der Waals surface area contributed by atoms with E-state index < -0.39 is 0 Å². The number of nitrogens with one attached hydrogen (secondary N) is 1. The Morgan fingerprint density at radius 1 is 1.45 bits per heavy atom. The average Bonchev–Trinajstić information content (AvgIpc) is 2.39. The molecule has 1 unspecified atom stereocenters. The van der Waals surface area contributed by atoms with E-state index in [1.807, 2.05) is 0 Å². The van der Waals surface area contributed by atoms with E-state index >= 15 is 0 Å². The topological polar surface area (TPSA) is 41.6 Å². The van der Waals surface area contributed by atoms with Crippen LogP contribution in [-0.4, -0.2) is 31.7 Å². The number of hydrogen-bond donors (Lipinski definition) is 1. The Kier molecular flexibility index (Phi) is 4.81. The van der Waals surface area contributed by atoms with Crippen molar-refractivity contribution in [3.05, 3.63) is 23.3 Å². The summed E-state index contributed by atoms with van der Waals surface area (Å²) in [5, 5.41) is 2.95. The van der Waals surface area contributed by atoms with E-state index in [4.69, 9.17) is 4.74 Å². The number of methoxy groups -OCH3 is 1. The van der Waals surface area contributed by atoms with Crippen LogP contribution in [0.4, 0.5) is 11.4 Å². The van der Waals surface area contributed by atoms with Gasteiger partial charge in [0.05, 0.1) is 6.61 Å². The summed E-state index contributed by atoms with van der Waals surface area (Å²) in [6.07, 6.45) is 1.11. The van der Waals surface area contributed by atoms with E-state index in [2.05, 4.69) is 50.0 Å². The summed E-state index contributed by atoms with van der Waals surface area (Å²) in [6.45, 7) is 12.0. The van der Waals surface area contributed by atoms with Gasteiger partial charge in [0.25, 0.3) is 0 Å². The molecule has 22 heavy (non-hydrogen) atoms. The van der Waals surface area contributed by atoms with Gasteiger partial charge in [0.15, 0.2) is 0 Å². The molecule has 4 nitrogen and oxygen atoms in total. The van der Waals surface area contributed by atoms with Gasteiger partial charge in [-0.25, -0.2) is 0 Å². The van der Waals surface area contributed by atoms with Gasteiger partial charge in [0.1, 0.15) is 0 Å². The van der Waals surface area contributed by atoms with Crippen LogP contribution in [0.15, 0.2) is 12.1 Å². The van der Waals surface area contributed by atoms with Gasteiger partial charge in [-0.3, -0.25) is 4.79 Å². The highest BCUT2D eigenvalue weighted by molar-refractivity contribution is 5.90. The highest BCUT2D eigenvalue weighted by atomic mass is 16.5. The summed E-state index contributed by atoms with van der Waals surface area (Å²) in [4.78, 5) is 13.8. The molecule has 0 saturated carbocycles. The fourth-order valence-electron chi connectivity index (χ4n) is 3.57. The molecular formula is C18H28N2O2. The van der Waals surface area contributed by atoms with Crippen molar-refractivity contribution >= 4 is 17.3 Å². The van der Waals surface area contributed by atoms with Gasteiger partial charge in [-0.2, -0.15) is 0 Å². The van der Waals surface area contributed by atoms with Gasteiger partial charge in [-0.1, -0.05) is 13.0 Å². The van der Waals surface area contributed by atoms with Crippen molar-refractivity contribution in [3.63, 3.8) is 0 Å². The Bertz CT molecular complexity index is 566. The van der Waals surface area contributed by atoms with Crippen LogP contribution in [-0.2, 0) is 9.53 Å². The second-order valence-corrected chi connectivity index (χ2v) is 6.97. The van der Waals surface area contributed by atoms with E-state index in [9.17, 15) is 4.79 Å². The molecule has 1 atom stereocenters. The van der Waals surface area contributed by atoms with Gasteiger partial charge in [0.2, 0.25) is 5.91 Å². The Hall–Kier alpha value is -1.55. The number of ether oxygens (including phenoxy) is 1. The van der Waals surface area contributed by atoms with Crippen molar-refractivity contribution in [2.75, 3.05) is 30.5 Å². The fraction of sp³-hybridized carbons (Fsp3) is 0.611. The first-order chi connectivity index (χ1) is 10.3. The third kappa shape index (κ3) is 3.27. The Morgan fingerprint density at radius 2 is 2.14 bits per heavy atom. The third-order valence-corrected chi connectivity index (χ3v) is 4.56. The summed E-state index contributed by atoms with van der Waals surface area (Å²) < 4.78 is 5.29. The second kappa shape index (κ2) is 6.29. The number of fused-ring (bicyclic) bond motifs is 1. The lowest BCUT2D eigenvalue weighted by Gasteiger charge is -2.48. The molecular weight excluding hydrogens is 276 g/mol. The zero-order valence-corrected chi connectivity index (χ0v) is 14.6. The van der Waals surface area contributed by atoms with Crippen LogP contribution in [0, 0.1) is 6.92 Å². The van der Waals surface area contributed by atoms with Gasteiger partial charge >= 0.3 is 0 Å². The SMILES string of the molecule is COCCN1c2cc(NC(C)=O)c(C)cc2C(C)CC1(C)C. The smallest absolute Gasteiger partial charge is 0.221 e. The van der Waals surface area contributed by atoms with Crippen LogP contribution in [0.5, 0.6) is 0 Å². The lowest BCUT2D eigenvalue weighted by Crippen LogP contribution is -2.49. The number of carbonyl (C=O) groups is 1. The minimum absolute atomic E-state index is 0.0328. The normalized spacial score (nSPS) is 19.7. The predicted octanol–water partition coefficient (Wildman–Crippen LogP) is 3.69. The zero-order valence-electron chi connectivity index (χ0n) is 14.6. The number of rotatable bonds is 4. The van der Waals surface area contributed by atoms with Crippen molar-refractivity contribution < 1.29 is 9.53 Å². The van der Waals surface area contributed by atoms with E-state index in [0.29, 0.717) is 12.5 Å². The molecule has 0 bridgehead atoms. The molecule has 1 aromatic rings. The molecule has 1 heterocycles. The summed E-state index contributed by atoms with van der Waals surface area (Å²) in [7, 11) is 1.73. The lowest BCUT2D eigenvalue weighted by atomic mass is 9.79. The average molecular weight is 304 g/mol. The molecule has 2 rings (SSSR count). The maximum atomic E-state index is 11.4. The number of amides is 1. The zero-order chi connectivity index (χ0) is 16.5. The molecule has 0 aliphatic carbocycles. The van der Waals surface area contributed by atoms with Gasteiger partial charge in [-0.05, 0) is 50.3 Å². The first-order valence-corrected chi connectivity index (χ1v) is 7.95. The molecule has 0 fully saturated rings. The number of nitrogens with zero attached hydrogens (tertiary/aromatic N) is 1. The standard InChI is InChI=1S/C18H28N2O2/c1-12-9-15-13(2)11-18(4,5)20(7-8-22-6)17(15)10-16(12)19-14(3)21/h9-10,13H,7-8,11H2,1-6H3,(H,19,21). The molecule has 0 spiro atoms. The van der Waals surface area contributed by atoms with Crippen molar-refractivity contribution in [1.29, 1.82) is 0 Å². The van der Waals surface area contributed by atoms with E-state index in [-0.39, 0.29) is 11.4 Å². The molecule has 1 aromatic carbocycles. The Labute approximate surface area is 133 Å². The van der Waals surface area contributed by atoms with E-state index in [0.717, 1.165) is 24.2 Å². The Balaban J connectivity index is 2.50. The summed E-state index contributed by atoms with van der Waals surface area (Å²) in [6, 6.07) is 4.35. The molecule has 1 N–H and O–H groups in total. The monoisotopic (exact) mass is 304 g/mol. The van der Waals surface area contributed by atoms with Crippen LogP contribution >= 0.6 is 0 Å². The highest BCUT2D eigenvalue weighted by Crippen LogP contribution is 2.45. The van der Waals surface area contributed by atoms with Crippen molar-refractivity contribution in [1.82, 2.24) is 0 Å². The summed E-state index contributed by atoms with van der Waals surface area (Å²) >= 11 is 0. The van der Waals surface area contributed by atoms with Gasteiger partial charge in [-0.15, -0.1) is 0 Å². The lowest BCUT2D eigenvalue weighted by molar-refractivity contribution is -0.114. The van der Waals surface area contributed by atoms with Crippen LogP contribution in [0.25, 0.3) is 0 Å². The second-order valence-electron chi connectivity index (χ2n) is 6.97. The highest BCUT2D eigenvalue weighted by Gasteiger charge is 2.36. The van der Waals surface area contributed by atoms with Crippen LogP contribution in [0.2, 0.25) is 0 Å². The number of carbonyl (C=O) groups excluding carboxylic acids is 1. The Morgan fingerprint density at radius 3 is 2.73 bits per heavy atom. The molecule has 0 saturated heterocycles. The van der Waals surface area contributed by atoms with Crippen molar-refractivity contribution in [2.24, 2.45) is 0 Å². The maximum absolute atomic E-state index is 11.4. The minimum Gasteiger partial charge on any atom is -0.383 e. The molecule has 1 amide bonds. The number of anilines is 2. The maximum Gasteiger partial charge on any atom is 0.221 e. The number of aryl methyl sites for hydroxylation is 1. The predicted molar refractivity (Wildman–Crippen MR) is 91.8 cm³/mol.